The number of phenols is 1. The van der Waals surface area contributed by atoms with Crippen molar-refractivity contribution in [2.24, 2.45) is 5.73 Å². The van der Waals surface area contributed by atoms with Crippen molar-refractivity contribution in [3.8, 4) is 17.2 Å². The zero-order valence-electron chi connectivity index (χ0n) is 14.2. The molecule has 2 aromatic carbocycles. The molecule has 0 spiro atoms. The number of nitrogens with zero attached hydrogens (tertiary/aromatic N) is 1. The summed E-state index contributed by atoms with van der Waals surface area (Å²) < 4.78 is 15.9. The lowest BCUT2D eigenvalue weighted by Crippen LogP contribution is -2.16. The molecule has 0 radical (unpaired) electrons. The third-order valence-electron chi connectivity index (χ3n) is 4.09. The van der Waals surface area contributed by atoms with E-state index in [1.54, 1.807) is 42.5 Å². The number of aromatic hydroxyl groups is 1. The molecular formula is C19H17N3O5. The Labute approximate surface area is 154 Å². The SMILES string of the molecule is NC(Cc1ccc(O)cc1)c1nc(C(=O)Nc2ccc3c(c2)OCO3)co1. The van der Waals surface area contributed by atoms with E-state index in [1.165, 1.54) is 6.26 Å². The first kappa shape index (κ1) is 16.9. The Kier molecular flexibility index (Phi) is 4.39. The number of hydrogen-bond acceptors (Lipinski definition) is 7. The standard InChI is InChI=1S/C19H17N3O5/c20-14(7-11-1-4-13(23)5-2-11)19-22-15(9-25-19)18(24)21-12-3-6-16-17(8-12)27-10-26-16/h1-6,8-9,14,23H,7,10,20H2,(H,21,24). The number of nitrogens with two attached hydrogens (primary N) is 1. The van der Waals surface area contributed by atoms with Crippen molar-refractivity contribution in [3.05, 3.63) is 65.9 Å². The minimum Gasteiger partial charge on any atom is -0.508 e. The first-order chi connectivity index (χ1) is 13.1. The Balaban J connectivity index is 1.42. The Bertz CT molecular complexity index is 968. The Morgan fingerprint density at radius 3 is 2.78 bits per heavy atom. The number of ether oxygens (including phenoxy) is 2. The summed E-state index contributed by atoms with van der Waals surface area (Å²) in [6, 6.07) is 11.3. The van der Waals surface area contributed by atoms with Crippen LogP contribution in [0.1, 0.15) is 28.0 Å². The summed E-state index contributed by atoms with van der Waals surface area (Å²) in [4.78, 5) is 16.6. The number of hydrogen-bond donors (Lipinski definition) is 3. The fourth-order valence-corrected chi connectivity index (χ4v) is 2.70. The van der Waals surface area contributed by atoms with E-state index in [9.17, 15) is 9.90 Å². The minimum atomic E-state index is -0.512. The summed E-state index contributed by atoms with van der Waals surface area (Å²) in [5, 5.41) is 12.1. The number of benzene rings is 2. The van der Waals surface area contributed by atoms with Crippen molar-refractivity contribution < 1.29 is 23.8 Å². The number of aromatic nitrogens is 1. The summed E-state index contributed by atoms with van der Waals surface area (Å²) in [6.07, 6.45) is 1.73. The highest BCUT2D eigenvalue weighted by Crippen LogP contribution is 2.34. The maximum Gasteiger partial charge on any atom is 0.277 e. The van der Waals surface area contributed by atoms with Crippen LogP contribution in [0.25, 0.3) is 0 Å². The number of amides is 1. The Morgan fingerprint density at radius 1 is 1.19 bits per heavy atom. The first-order valence-electron chi connectivity index (χ1n) is 8.28. The highest BCUT2D eigenvalue weighted by Gasteiger charge is 2.19. The predicted octanol–water partition coefficient (Wildman–Crippen LogP) is 2.60. The quantitative estimate of drug-likeness (QED) is 0.634. The van der Waals surface area contributed by atoms with Crippen LogP contribution < -0.4 is 20.5 Å². The molecule has 0 saturated heterocycles. The van der Waals surface area contributed by atoms with Gasteiger partial charge in [0.2, 0.25) is 12.7 Å². The molecule has 1 aliphatic rings. The van der Waals surface area contributed by atoms with E-state index >= 15 is 0 Å². The van der Waals surface area contributed by atoms with Crippen LogP contribution in [0.2, 0.25) is 0 Å². The van der Waals surface area contributed by atoms with Crippen LogP contribution in [0.4, 0.5) is 5.69 Å². The average Bonchev–Trinajstić information content (AvgIpc) is 3.32. The highest BCUT2D eigenvalue weighted by molar-refractivity contribution is 6.02. The molecular weight excluding hydrogens is 350 g/mol. The molecule has 0 bridgehead atoms. The van der Waals surface area contributed by atoms with Crippen molar-refractivity contribution in [1.29, 1.82) is 0 Å². The number of nitrogens with one attached hydrogen (secondary N) is 1. The molecule has 4 N–H and O–H groups in total. The zero-order valence-corrected chi connectivity index (χ0v) is 14.2. The third kappa shape index (κ3) is 3.70. The summed E-state index contributed by atoms with van der Waals surface area (Å²) in [5.41, 5.74) is 7.72. The molecule has 1 amide bonds. The van der Waals surface area contributed by atoms with Crippen LogP contribution in [0, 0.1) is 0 Å². The summed E-state index contributed by atoms with van der Waals surface area (Å²) in [7, 11) is 0. The molecule has 27 heavy (non-hydrogen) atoms. The lowest BCUT2D eigenvalue weighted by Gasteiger charge is -2.07. The largest absolute Gasteiger partial charge is 0.508 e. The van der Waals surface area contributed by atoms with Crippen molar-refractivity contribution >= 4 is 11.6 Å². The van der Waals surface area contributed by atoms with Gasteiger partial charge < -0.3 is 30.0 Å². The van der Waals surface area contributed by atoms with Crippen LogP contribution in [0.5, 0.6) is 17.2 Å². The fraction of sp³-hybridized carbons (Fsp3) is 0.158. The van der Waals surface area contributed by atoms with E-state index in [0.29, 0.717) is 23.6 Å². The number of rotatable bonds is 5. The lowest BCUT2D eigenvalue weighted by molar-refractivity contribution is 0.102. The predicted molar refractivity (Wildman–Crippen MR) is 95.8 cm³/mol. The van der Waals surface area contributed by atoms with E-state index in [0.717, 1.165) is 5.56 Å². The molecule has 0 fully saturated rings. The average molecular weight is 367 g/mol. The van der Waals surface area contributed by atoms with Gasteiger partial charge in [-0.1, -0.05) is 12.1 Å². The Morgan fingerprint density at radius 2 is 1.96 bits per heavy atom. The van der Waals surface area contributed by atoms with Gasteiger partial charge in [0.05, 0.1) is 6.04 Å². The molecule has 3 aromatic rings. The van der Waals surface area contributed by atoms with E-state index in [1.807, 2.05) is 0 Å². The van der Waals surface area contributed by atoms with Crippen LogP contribution in [0.15, 0.2) is 53.1 Å². The maximum atomic E-state index is 12.4. The maximum absolute atomic E-state index is 12.4. The van der Waals surface area contributed by atoms with Gasteiger partial charge in [0, 0.05) is 11.8 Å². The second-order valence-corrected chi connectivity index (χ2v) is 6.07. The molecule has 1 aromatic heterocycles. The van der Waals surface area contributed by atoms with Gasteiger partial charge in [-0.05, 0) is 36.2 Å². The molecule has 1 aliphatic heterocycles. The number of phenolic OH excluding ortho intramolecular Hbond substituents is 1. The molecule has 1 atom stereocenters. The first-order valence-corrected chi connectivity index (χ1v) is 8.28. The summed E-state index contributed by atoms with van der Waals surface area (Å²) in [5.74, 6) is 1.24. The Hall–Kier alpha value is -3.52. The zero-order chi connectivity index (χ0) is 18.8. The third-order valence-corrected chi connectivity index (χ3v) is 4.09. The van der Waals surface area contributed by atoms with Gasteiger partial charge in [-0.3, -0.25) is 4.79 Å². The van der Waals surface area contributed by atoms with Crippen molar-refractivity contribution in [2.75, 3.05) is 12.1 Å². The van der Waals surface area contributed by atoms with Gasteiger partial charge in [-0.15, -0.1) is 0 Å². The minimum absolute atomic E-state index is 0.129. The number of oxazole rings is 1. The van der Waals surface area contributed by atoms with Crippen molar-refractivity contribution in [2.45, 2.75) is 12.5 Å². The van der Waals surface area contributed by atoms with Crippen LogP contribution in [0.3, 0.4) is 0 Å². The molecule has 0 aliphatic carbocycles. The molecule has 8 nitrogen and oxygen atoms in total. The van der Waals surface area contributed by atoms with Gasteiger partial charge in [0.15, 0.2) is 17.2 Å². The lowest BCUT2D eigenvalue weighted by atomic mass is 10.1. The molecule has 0 saturated carbocycles. The van der Waals surface area contributed by atoms with E-state index in [4.69, 9.17) is 19.6 Å². The molecule has 8 heteroatoms. The highest BCUT2D eigenvalue weighted by atomic mass is 16.7. The molecule has 4 rings (SSSR count). The van der Waals surface area contributed by atoms with Crippen molar-refractivity contribution in [1.82, 2.24) is 4.98 Å². The van der Waals surface area contributed by atoms with Gasteiger partial charge in [-0.2, -0.15) is 0 Å². The van der Waals surface area contributed by atoms with E-state index in [2.05, 4.69) is 10.3 Å². The molecule has 2 heterocycles. The van der Waals surface area contributed by atoms with Gasteiger partial charge in [0.1, 0.15) is 12.0 Å². The van der Waals surface area contributed by atoms with Crippen molar-refractivity contribution in [3.63, 3.8) is 0 Å². The van der Waals surface area contributed by atoms with Crippen LogP contribution >= 0.6 is 0 Å². The second-order valence-electron chi connectivity index (χ2n) is 6.07. The van der Waals surface area contributed by atoms with Crippen LogP contribution in [-0.4, -0.2) is 22.8 Å². The molecule has 1 unspecified atom stereocenters. The van der Waals surface area contributed by atoms with E-state index < -0.39 is 11.9 Å². The van der Waals surface area contributed by atoms with Gasteiger partial charge in [0.25, 0.3) is 5.91 Å². The van der Waals surface area contributed by atoms with E-state index in [-0.39, 0.29) is 24.1 Å². The number of carbonyl (C=O) groups is 1. The summed E-state index contributed by atoms with van der Waals surface area (Å²) >= 11 is 0. The van der Waals surface area contributed by atoms with Gasteiger partial charge in [-0.25, -0.2) is 4.98 Å². The number of anilines is 1. The number of fused-ring (bicyclic) bond motifs is 1. The topological polar surface area (TPSA) is 120 Å². The number of carbonyl (C=O) groups excluding carboxylic acids is 1. The fourth-order valence-electron chi connectivity index (χ4n) is 2.70. The van der Waals surface area contributed by atoms with Crippen LogP contribution in [-0.2, 0) is 6.42 Å². The van der Waals surface area contributed by atoms with Gasteiger partial charge >= 0.3 is 0 Å². The smallest absolute Gasteiger partial charge is 0.277 e. The normalized spacial score (nSPS) is 13.4. The second kappa shape index (κ2) is 7.00. The summed E-state index contributed by atoms with van der Waals surface area (Å²) in [6.45, 7) is 0.165. The monoisotopic (exact) mass is 367 g/mol. The molecule has 138 valence electrons.